The van der Waals surface area contributed by atoms with E-state index in [1.165, 1.54) is 29.7 Å². The molecule has 2 atom stereocenters. The van der Waals surface area contributed by atoms with E-state index >= 15 is 0 Å². The summed E-state index contributed by atoms with van der Waals surface area (Å²) in [6.07, 6.45) is 5.19. The third kappa shape index (κ3) is 16.6. The van der Waals surface area contributed by atoms with Gasteiger partial charge >= 0.3 is 12.3 Å². The highest BCUT2D eigenvalue weighted by Crippen LogP contribution is 2.38. The number of hydrazone groups is 1. The van der Waals surface area contributed by atoms with Gasteiger partial charge in [-0.1, -0.05) is 60.1 Å². The maximum absolute atomic E-state index is 12.9. The van der Waals surface area contributed by atoms with Crippen LogP contribution in [-0.2, 0) is 4.79 Å². The van der Waals surface area contributed by atoms with Crippen LogP contribution < -0.4 is 20.2 Å². The number of Topliss-reactive ketones (excluding diaryl/α,β-unsaturated/α-hetero) is 1. The Labute approximate surface area is 314 Å². The first-order chi connectivity index (χ1) is 24.7. The van der Waals surface area contributed by atoms with Crippen LogP contribution in [0.1, 0.15) is 116 Å². The third-order valence-corrected chi connectivity index (χ3v) is 8.27. The quantitative estimate of drug-likeness (QED) is 0.0632. The summed E-state index contributed by atoms with van der Waals surface area (Å²) in [5.41, 5.74) is 7.08. The number of carbonyl (C=O) groups excluding carboxylic acids is 1. The summed E-state index contributed by atoms with van der Waals surface area (Å²) in [6.45, 7) is 15.6. The van der Waals surface area contributed by atoms with Gasteiger partial charge in [-0.05, 0) is 122 Å². The summed E-state index contributed by atoms with van der Waals surface area (Å²) in [5, 5.41) is 7.27. The van der Waals surface area contributed by atoms with Gasteiger partial charge < -0.3 is 14.8 Å². The van der Waals surface area contributed by atoms with Crippen molar-refractivity contribution in [2.75, 3.05) is 26.1 Å². The van der Waals surface area contributed by atoms with Crippen LogP contribution in [0.4, 0.5) is 27.6 Å². The molecule has 2 aromatic rings. The third-order valence-electron chi connectivity index (χ3n) is 8.27. The minimum atomic E-state index is -5.80. The average Bonchev–Trinajstić information content (AvgIpc) is 3.34. The van der Waals surface area contributed by atoms with Crippen LogP contribution >= 0.6 is 0 Å². The van der Waals surface area contributed by atoms with Gasteiger partial charge in [-0.3, -0.25) is 10.2 Å². The maximum atomic E-state index is 12.9. The van der Waals surface area contributed by atoms with E-state index in [2.05, 4.69) is 79.5 Å². The Balaban J connectivity index is 0.000000940. The molecule has 2 aromatic carbocycles. The van der Waals surface area contributed by atoms with E-state index in [1.54, 1.807) is 7.11 Å². The van der Waals surface area contributed by atoms with Crippen LogP contribution in [0.2, 0.25) is 0 Å². The Bertz CT molecular complexity index is 1460. The van der Waals surface area contributed by atoms with E-state index in [0.717, 1.165) is 74.9 Å². The molecule has 1 fully saturated rings. The molecule has 0 radical (unpaired) electrons. The van der Waals surface area contributed by atoms with Crippen molar-refractivity contribution in [3.05, 3.63) is 78.4 Å². The molecular formula is C42H60F5N3O3. The van der Waals surface area contributed by atoms with Crippen LogP contribution in [0.5, 0.6) is 11.5 Å². The summed E-state index contributed by atoms with van der Waals surface area (Å²) in [4.78, 5) is 11.9. The van der Waals surface area contributed by atoms with Gasteiger partial charge in [0.05, 0.1) is 12.8 Å². The number of anilines is 1. The Kier molecular flexibility index (Phi) is 23.0. The Morgan fingerprint density at radius 1 is 1.02 bits per heavy atom. The van der Waals surface area contributed by atoms with Crippen LogP contribution in [0.25, 0.3) is 0 Å². The van der Waals surface area contributed by atoms with Gasteiger partial charge in [-0.25, -0.2) is 0 Å². The predicted molar refractivity (Wildman–Crippen MR) is 209 cm³/mol. The molecule has 6 nitrogen and oxygen atoms in total. The maximum Gasteiger partial charge on any atom is 0.499 e. The average molecular weight is 750 g/mol. The Hall–Kier alpha value is -4.17. The number of benzene rings is 2. The van der Waals surface area contributed by atoms with Crippen molar-refractivity contribution < 1.29 is 36.2 Å². The highest BCUT2D eigenvalue weighted by Gasteiger charge is 2.61. The molecule has 296 valence electrons. The lowest BCUT2D eigenvalue weighted by Gasteiger charge is -2.21. The number of hydrogen-bond donors (Lipinski definition) is 2. The number of allylic oxidation sites excluding steroid dienone is 2. The molecule has 0 saturated heterocycles. The molecule has 2 aliphatic carbocycles. The highest BCUT2D eigenvalue weighted by atomic mass is 19.4. The first-order valence-electron chi connectivity index (χ1n) is 17.8. The lowest BCUT2D eigenvalue weighted by Crippen LogP contribution is -2.41. The molecule has 0 heterocycles. The van der Waals surface area contributed by atoms with Gasteiger partial charge in [0.25, 0.3) is 0 Å². The number of hydrogen-bond acceptors (Lipinski definition) is 6. The number of ketones is 1. The largest absolute Gasteiger partial charge is 0.499 e. The smallest absolute Gasteiger partial charge is 0.497 e. The van der Waals surface area contributed by atoms with Crippen molar-refractivity contribution in [2.45, 2.75) is 117 Å². The predicted octanol–water partition coefficient (Wildman–Crippen LogP) is 11.9. The van der Waals surface area contributed by atoms with Gasteiger partial charge in [0.1, 0.15) is 23.0 Å². The normalized spacial score (nSPS) is 17.4. The first kappa shape index (κ1) is 48.8. The number of nitrogens with one attached hydrogen (secondary N) is 2. The number of carbonyl (C=O) groups is 1. The number of methoxy groups -OCH3 is 1. The molecular weight excluding hydrogens is 689 g/mol. The molecule has 1 saturated carbocycles. The summed E-state index contributed by atoms with van der Waals surface area (Å²) >= 11 is 0. The molecule has 0 amide bonds. The van der Waals surface area contributed by atoms with Crippen LogP contribution in [-0.4, -0.2) is 44.5 Å². The monoisotopic (exact) mass is 749 g/mol. The van der Waals surface area contributed by atoms with E-state index in [-0.39, 0.29) is 7.43 Å². The van der Waals surface area contributed by atoms with E-state index in [4.69, 9.17) is 11.2 Å². The van der Waals surface area contributed by atoms with Gasteiger partial charge in [-0.15, -0.1) is 19.6 Å². The van der Waals surface area contributed by atoms with E-state index in [0.29, 0.717) is 41.4 Å². The Morgan fingerprint density at radius 2 is 1.64 bits per heavy atom. The lowest BCUT2D eigenvalue weighted by atomic mass is 9.84. The van der Waals surface area contributed by atoms with Gasteiger partial charge in [-0.2, -0.15) is 27.1 Å². The number of halogens is 5. The molecule has 0 bridgehead atoms. The van der Waals surface area contributed by atoms with Crippen LogP contribution in [0, 0.1) is 18.3 Å². The summed E-state index contributed by atoms with van der Waals surface area (Å²) in [6, 6.07) is 10.8. The second-order valence-corrected chi connectivity index (χ2v) is 12.8. The lowest BCUT2D eigenvalue weighted by molar-refractivity contribution is -0.360. The zero-order chi connectivity index (χ0) is 39.3. The van der Waals surface area contributed by atoms with Crippen molar-refractivity contribution in [1.29, 1.82) is 0 Å². The van der Waals surface area contributed by atoms with E-state index in [9.17, 15) is 26.7 Å². The number of nitrogens with zero attached hydrogens (tertiary/aromatic N) is 1. The standard InChI is InChI=1S/C19H20F5N3O.C17H24O2.C3H8.C2H4.CH4/c1-3-17(14-6-4-13(5-7-14)12-25-2)27-26-15-8-10-16(11-9-15)28-19(23,24)18(20,21)22;1-12(2)16-9-8-15(19-3)11-17(16)13-6-4-5-7-14(18)10-13;1-3-2;1-2;/h1,6,8-11,13,25-26H,4-5,7,12H2,2H3;8-9,11-13H,4-7,10H2,1-3H3;3H2,1-2H3;1-2H2;1H4/b27-17+;;;;. The van der Waals surface area contributed by atoms with E-state index in [1.807, 2.05) is 19.2 Å². The fourth-order valence-corrected chi connectivity index (χ4v) is 5.71. The zero-order valence-electron chi connectivity index (χ0n) is 31.5. The number of alkyl halides is 5. The van der Waals surface area contributed by atoms with Crippen molar-refractivity contribution in [3.8, 4) is 23.8 Å². The van der Waals surface area contributed by atoms with Crippen molar-refractivity contribution in [1.82, 2.24) is 5.32 Å². The SMILES string of the molecule is C.C#C/C(=N\Nc1ccc(OC(F)(F)C(F)(F)F)cc1)C1=CCC(CNC)CC1.C=C.CCC.COc1ccc(C(C)C)c(C2CCCCC(=O)C2)c1. The van der Waals surface area contributed by atoms with Crippen LogP contribution in [0.3, 0.4) is 0 Å². The summed E-state index contributed by atoms with van der Waals surface area (Å²) < 4.78 is 71.3. The number of rotatable bonds is 10. The fourth-order valence-electron chi connectivity index (χ4n) is 5.71. The minimum Gasteiger partial charge on any atom is -0.497 e. The molecule has 53 heavy (non-hydrogen) atoms. The zero-order valence-corrected chi connectivity index (χ0v) is 31.5. The first-order valence-corrected chi connectivity index (χ1v) is 17.8. The van der Waals surface area contributed by atoms with Crippen molar-refractivity contribution >= 4 is 17.2 Å². The molecule has 2 aliphatic rings. The number of ether oxygens (including phenoxy) is 2. The Morgan fingerprint density at radius 3 is 2.15 bits per heavy atom. The molecule has 4 rings (SSSR count). The van der Waals surface area contributed by atoms with Gasteiger partial charge in [0.15, 0.2) is 0 Å². The molecule has 2 unspecified atom stereocenters. The minimum absolute atomic E-state index is 0. The molecule has 0 aromatic heterocycles. The van der Waals surface area contributed by atoms with Crippen molar-refractivity contribution in [2.24, 2.45) is 11.0 Å². The molecule has 0 aliphatic heterocycles. The van der Waals surface area contributed by atoms with Crippen LogP contribution in [0.15, 0.2) is 72.4 Å². The van der Waals surface area contributed by atoms with Crippen molar-refractivity contribution in [3.63, 3.8) is 0 Å². The second-order valence-electron chi connectivity index (χ2n) is 12.8. The topological polar surface area (TPSA) is 72.0 Å². The fraction of sp³-hybridized carbons (Fsp3) is 0.524. The molecule has 11 heteroatoms. The van der Waals surface area contributed by atoms with Gasteiger partial charge in [0, 0.05) is 12.8 Å². The second kappa shape index (κ2) is 25.0. The summed E-state index contributed by atoms with van der Waals surface area (Å²) in [7, 11) is 3.60. The van der Waals surface area contributed by atoms with Gasteiger partial charge in [0.2, 0.25) is 0 Å². The number of terminal acetylenes is 1. The molecule has 0 spiro atoms. The highest BCUT2D eigenvalue weighted by molar-refractivity contribution is 6.12. The van der Waals surface area contributed by atoms with E-state index < -0.39 is 18.0 Å². The summed E-state index contributed by atoms with van der Waals surface area (Å²) in [5.74, 6) is 4.60. The molecule has 2 N–H and O–H groups in total.